The predicted octanol–water partition coefficient (Wildman–Crippen LogP) is 2.61. The minimum Gasteiger partial charge on any atom is -0.481 e. The van der Waals surface area contributed by atoms with Gasteiger partial charge in [0.1, 0.15) is 0 Å². The summed E-state index contributed by atoms with van der Waals surface area (Å²) in [7, 11) is 0. The second-order valence-electron chi connectivity index (χ2n) is 6.63. The zero-order valence-electron chi connectivity index (χ0n) is 14.3. The van der Waals surface area contributed by atoms with Crippen molar-refractivity contribution in [2.75, 3.05) is 11.9 Å². The molecule has 2 N–H and O–H groups in total. The minimum atomic E-state index is -0.937. The van der Waals surface area contributed by atoms with Gasteiger partial charge in [-0.05, 0) is 44.4 Å². The molecule has 2 atom stereocenters. The van der Waals surface area contributed by atoms with Crippen molar-refractivity contribution in [3.8, 4) is 0 Å². The number of carboxylic acid groups (broad SMARTS) is 1. The average molecular weight is 332 g/mol. The number of carbonyl (C=O) groups is 3. The molecule has 6 nitrogen and oxygen atoms in total. The fourth-order valence-corrected chi connectivity index (χ4v) is 2.63. The lowest BCUT2D eigenvalue weighted by atomic mass is 10.1. The first kappa shape index (κ1) is 18.0. The molecule has 130 valence electrons. The van der Waals surface area contributed by atoms with Gasteiger partial charge in [-0.3, -0.25) is 14.4 Å². The van der Waals surface area contributed by atoms with Crippen molar-refractivity contribution < 1.29 is 19.5 Å². The van der Waals surface area contributed by atoms with Crippen molar-refractivity contribution >= 4 is 23.5 Å². The van der Waals surface area contributed by atoms with Gasteiger partial charge in [-0.25, -0.2) is 0 Å². The number of nitrogens with zero attached hydrogens (tertiary/aromatic N) is 1. The van der Waals surface area contributed by atoms with Gasteiger partial charge in [-0.15, -0.1) is 0 Å². The second-order valence-corrected chi connectivity index (χ2v) is 6.63. The van der Waals surface area contributed by atoms with E-state index in [0.29, 0.717) is 17.2 Å². The molecule has 2 amide bonds. The van der Waals surface area contributed by atoms with Gasteiger partial charge in [-0.2, -0.15) is 0 Å². The van der Waals surface area contributed by atoms with E-state index in [4.69, 9.17) is 5.11 Å². The number of carbonyl (C=O) groups excluding carboxylic acids is 2. The summed E-state index contributed by atoms with van der Waals surface area (Å²) in [4.78, 5) is 37.0. The number of nitrogens with one attached hydrogen (secondary N) is 1. The van der Waals surface area contributed by atoms with E-state index in [9.17, 15) is 14.4 Å². The molecule has 1 aliphatic rings. The Morgan fingerprint density at radius 1 is 1.33 bits per heavy atom. The highest BCUT2D eigenvalue weighted by atomic mass is 16.4. The molecule has 0 radical (unpaired) electrons. The number of hydrogen-bond donors (Lipinski definition) is 2. The number of aliphatic carboxylic acids is 1. The second kappa shape index (κ2) is 7.47. The summed E-state index contributed by atoms with van der Waals surface area (Å²) >= 11 is 0. The van der Waals surface area contributed by atoms with Gasteiger partial charge in [0.25, 0.3) is 5.91 Å². The summed E-state index contributed by atoms with van der Waals surface area (Å²) < 4.78 is 0. The molecular weight excluding hydrogens is 308 g/mol. The van der Waals surface area contributed by atoms with Crippen LogP contribution in [0.1, 0.15) is 44.0 Å². The molecule has 2 rings (SSSR count). The molecule has 1 aromatic carbocycles. The van der Waals surface area contributed by atoms with Crippen molar-refractivity contribution in [2.45, 2.75) is 39.7 Å². The Morgan fingerprint density at radius 3 is 2.54 bits per heavy atom. The van der Waals surface area contributed by atoms with E-state index in [1.54, 1.807) is 24.3 Å². The predicted molar refractivity (Wildman–Crippen MR) is 90.8 cm³/mol. The molecule has 1 fully saturated rings. The van der Waals surface area contributed by atoms with E-state index in [1.807, 2.05) is 20.8 Å². The number of benzene rings is 1. The van der Waals surface area contributed by atoms with Crippen LogP contribution in [-0.2, 0) is 9.59 Å². The van der Waals surface area contributed by atoms with Gasteiger partial charge in [0.2, 0.25) is 5.91 Å². The SMILES string of the molecule is CC1CC1C(=O)Nc1cccc(C(=O)N(CCC(=O)O)C(C)C)c1. The van der Waals surface area contributed by atoms with Gasteiger partial charge in [0.15, 0.2) is 0 Å². The fourth-order valence-electron chi connectivity index (χ4n) is 2.63. The van der Waals surface area contributed by atoms with Crippen LogP contribution in [0.2, 0.25) is 0 Å². The Hall–Kier alpha value is -2.37. The molecule has 24 heavy (non-hydrogen) atoms. The zero-order chi connectivity index (χ0) is 17.9. The first-order valence-corrected chi connectivity index (χ1v) is 8.23. The number of carboxylic acids is 1. The molecule has 0 heterocycles. The lowest BCUT2D eigenvalue weighted by Gasteiger charge is -2.26. The molecule has 0 saturated heterocycles. The third-order valence-corrected chi connectivity index (χ3v) is 4.27. The van der Waals surface area contributed by atoms with E-state index in [0.717, 1.165) is 6.42 Å². The minimum absolute atomic E-state index is 0.0151. The van der Waals surface area contributed by atoms with Gasteiger partial charge < -0.3 is 15.3 Å². The Balaban J connectivity index is 2.08. The number of rotatable bonds is 7. The van der Waals surface area contributed by atoms with Crippen molar-refractivity contribution in [3.63, 3.8) is 0 Å². The summed E-state index contributed by atoms with van der Waals surface area (Å²) in [5.74, 6) is -0.705. The first-order chi connectivity index (χ1) is 11.3. The van der Waals surface area contributed by atoms with Crippen LogP contribution in [0.25, 0.3) is 0 Å². The summed E-state index contributed by atoms with van der Waals surface area (Å²) in [6.07, 6.45) is 0.806. The standard InChI is InChI=1S/C18H24N2O4/c1-11(2)20(8-7-16(21)22)18(24)13-5-4-6-14(10-13)19-17(23)15-9-12(15)3/h4-6,10-12,15H,7-9H2,1-3H3,(H,19,23)(H,21,22). The van der Waals surface area contributed by atoms with Crippen LogP contribution in [-0.4, -0.2) is 40.4 Å². The van der Waals surface area contributed by atoms with Crippen LogP contribution in [0.4, 0.5) is 5.69 Å². The van der Waals surface area contributed by atoms with E-state index in [-0.39, 0.29) is 36.7 Å². The highest BCUT2D eigenvalue weighted by Crippen LogP contribution is 2.38. The highest BCUT2D eigenvalue weighted by Gasteiger charge is 2.39. The van der Waals surface area contributed by atoms with Crippen LogP contribution >= 0.6 is 0 Å². The summed E-state index contributed by atoms with van der Waals surface area (Å²) in [6.45, 7) is 5.88. The molecule has 0 bridgehead atoms. The number of amides is 2. The normalized spacial score (nSPS) is 19.0. The Kier molecular flexibility index (Phi) is 5.59. The van der Waals surface area contributed by atoms with Crippen molar-refractivity contribution in [1.29, 1.82) is 0 Å². The summed E-state index contributed by atoms with van der Waals surface area (Å²) in [6, 6.07) is 6.67. The fraction of sp³-hybridized carbons (Fsp3) is 0.500. The van der Waals surface area contributed by atoms with Crippen LogP contribution in [0.3, 0.4) is 0 Å². The molecule has 1 saturated carbocycles. The maximum absolute atomic E-state index is 12.7. The van der Waals surface area contributed by atoms with Crippen LogP contribution in [0, 0.1) is 11.8 Å². The summed E-state index contributed by atoms with van der Waals surface area (Å²) in [5.41, 5.74) is 1.03. The van der Waals surface area contributed by atoms with Gasteiger partial charge in [-0.1, -0.05) is 13.0 Å². The molecule has 0 aliphatic heterocycles. The van der Waals surface area contributed by atoms with E-state index in [2.05, 4.69) is 5.32 Å². The van der Waals surface area contributed by atoms with Crippen molar-refractivity contribution in [2.24, 2.45) is 11.8 Å². The monoisotopic (exact) mass is 332 g/mol. The molecule has 2 unspecified atom stereocenters. The number of hydrogen-bond acceptors (Lipinski definition) is 3. The molecular formula is C18H24N2O4. The smallest absolute Gasteiger partial charge is 0.305 e. The molecule has 1 aromatic rings. The van der Waals surface area contributed by atoms with Gasteiger partial charge in [0.05, 0.1) is 6.42 Å². The van der Waals surface area contributed by atoms with E-state index >= 15 is 0 Å². The third kappa shape index (κ3) is 4.57. The average Bonchev–Trinajstić information content (AvgIpc) is 3.24. The van der Waals surface area contributed by atoms with E-state index in [1.165, 1.54) is 4.90 Å². The topological polar surface area (TPSA) is 86.7 Å². The first-order valence-electron chi connectivity index (χ1n) is 8.23. The Bertz CT molecular complexity index is 642. The zero-order valence-corrected chi connectivity index (χ0v) is 14.3. The number of anilines is 1. The van der Waals surface area contributed by atoms with Crippen molar-refractivity contribution in [3.05, 3.63) is 29.8 Å². The lowest BCUT2D eigenvalue weighted by molar-refractivity contribution is -0.137. The van der Waals surface area contributed by atoms with Gasteiger partial charge >= 0.3 is 5.97 Å². The maximum Gasteiger partial charge on any atom is 0.305 e. The third-order valence-electron chi connectivity index (χ3n) is 4.27. The summed E-state index contributed by atoms with van der Waals surface area (Å²) in [5, 5.41) is 11.7. The maximum atomic E-state index is 12.7. The Labute approximate surface area is 141 Å². The largest absolute Gasteiger partial charge is 0.481 e. The quantitative estimate of drug-likeness (QED) is 0.803. The van der Waals surface area contributed by atoms with Gasteiger partial charge in [0, 0.05) is 29.8 Å². The van der Waals surface area contributed by atoms with Crippen LogP contribution in [0.15, 0.2) is 24.3 Å². The molecule has 1 aliphatic carbocycles. The molecule has 0 spiro atoms. The molecule has 6 heteroatoms. The Morgan fingerprint density at radius 2 is 2.00 bits per heavy atom. The van der Waals surface area contributed by atoms with Crippen molar-refractivity contribution in [1.82, 2.24) is 4.90 Å². The molecule has 0 aromatic heterocycles. The highest BCUT2D eigenvalue weighted by molar-refractivity contribution is 5.98. The van der Waals surface area contributed by atoms with Crippen LogP contribution < -0.4 is 5.32 Å². The van der Waals surface area contributed by atoms with Crippen LogP contribution in [0.5, 0.6) is 0 Å². The lowest BCUT2D eigenvalue weighted by Crippen LogP contribution is -2.38. The van der Waals surface area contributed by atoms with E-state index < -0.39 is 5.97 Å².